The lowest BCUT2D eigenvalue weighted by Gasteiger charge is -1.88. The predicted molar refractivity (Wildman–Crippen MR) is 43.7 cm³/mol. The zero-order chi connectivity index (χ0) is 8.39. The van der Waals surface area contributed by atoms with Gasteiger partial charge in [0.15, 0.2) is 5.65 Å². The molecule has 0 atom stereocenters. The van der Waals surface area contributed by atoms with Crippen LogP contribution in [0, 0.1) is 0 Å². The Hall–Kier alpha value is -1.42. The van der Waals surface area contributed by atoms with E-state index in [2.05, 4.69) is 9.97 Å². The second kappa shape index (κ2) is 2.91. The van der Waals surface area contributed by atoms with Crippen LogP contribution in [0.2, 0.25) is 0 Å². The van der Waals surface area contributed by atoms with Crippen molar-refractivity contribution in [2.75, 3.05) is 7.11 Å². The van der Waals surface area contributed by atoms with Crippen LogP contribution in [-0.2, 0) is 11.3 Å². The molecule has 0 unspecified atom stereocenters. The molecule has 0 amide bonds. The number of aromatic nitrogens is 3. The molecule has 0 fully saturated rings. The van der Waals surface area contributed by atoms with Gasteiger partial charge >= 0.3 is 0 Å². The molecular weight excluding hydrogens is 154 g/mol. The summed E-state index contributed by atoms with van der Waals surface area (Å²) in [4.78, 5) is 8.24. The molecule has 2 rings (SSSR count). The maximum absolute atomic E-state index is 4.96. The van der Waals surface area contributed by atoms with E-state index in [4.69, 9.17) is 4.74 Å². The summed E-state index contributed by atoms with van der Waals surface area (Å²) in [5.74, 6) is 0. The molecule has 2 aromatic rings. The monoisotopic (exact) mass is 163 g/mol. The van der Waals surface area contributed by atoms with Crippen molar-refractivity contribution in [3.8, 4) is 0 Å². The molecule has 0 aromatic carbocycles. The van der Waals surface area contributed by atoms with Crippen molar-refractivity contribution in [3.05, 3.63) is 30.5 Å². The molecule has 4 nitrogen and oxygen atoms in total. The van der Waals surface area contributed by atoms with Crippen molar-refractivity contribution in [2.24, 2.45) is 0 Å². The third-order valence-electron chi connectivity index (χ3n) is 1.61. The average Bonchev–Trinajstić information content (AvgIpc) is 2.47. The number of ether oxygens (including phenoxy) is 1. The minimum Gasteiger partial charge on any atom is -0.378 e. The second-order valence-electron chi connectivity index (χ2n) is 2.51. The Balaban J connectivity index is 2.47. The molecular formula is C8H9N3O. The lowest BCUT2D eigenvalue weighted by molar-refractivity contribution is 0.182. The highest BCUT2D eigenvalue weighted by Crippen LogP contribution is 2.03. The number of rotatable bonds is 2. The Labute approximate surface area is 69.8 Å². The molecule has 0 saturated heterocycles. The van der Waals surface area contributed by atoms with Gasteiger partial charge in [0.1, 0.15) is 0 Å². The highest BCUT2D eigenvalue weighted by molar-refractivity contribution is 5.36. The molecule has 0 aliphatic rings. The van der Waals surface area contributed by atoms with Crippen LogP contribution in [-0.4, -0.2) is 21.5 Å². The average molecular weight is 163 g/mol. The zero-order valence-electron chi connectivity index (χ0n) is 6.77. The molecule has 0 bridgehead atoms. The molecule has 0 N–H and O–H groups in total. The summed E-state index contributed by atoms with van der Waals surface area (Å²) >= 11 is 0. The van der Waals surface area contributed by atoms with Crippen LogP contribution in [0.25, 0.3) is 5.65 Å². The van der Waals surface area contributed by atoms with E-state index in [1.165, 1.54) is 0 Å². The van der Waals surface area contributed by atoms with E-state index >= 15 is 0 Å². The van der Waals surface area contributed by atoms with Crippen molar-refractivity contribution in [1.29, 1.82) is 0 Å². The van der Waals surface area contributed by atoms with E-state index in [-0.39, 0.29) is 0 Å². The molecule has 0 spiro atoms. The van der Waals surface area contributed by atoms with E-state index in [0.717, 1.165) is 11.3 Å². The minimum absolute atomic E-state index is 0.543. The first-order chi connectivity index (χ1) is 5.90. The molecule has 0 aliphatic carbocycles. The fourth-order valence-electron chi connectivity index (χ4n) is 1.11. The van der Waals surface area contributed by atoms with Gasteiger partial charge in [0.2, 0.25) is 0 Å². The van der Waals surface area contributed by atoms with Gasteiger partial charge in [-0.3, -0.25) is 4.98 Å². The van der Waals surface area contributed by atoms with Crippen LogP contribution in [0.5, 0.6) is 0 Å². The topological polar surface area (TPSA) is 39.4 Å². The summed E-state index contributed by atoms with van der Waals surface area (Å²) in [6.45, 7) is 0.543. The molecule has 12 heavy (non-hydrogen) atoms. The quantitative estimate of drug-likeness (QED) is 0.659. The molecule has 2 aromatic heterocycles. The molecule has 0 saturated carbocycles. The van der Waals surface area contributed by atoms with E-state index in [9.17, 15) is 0 Å². The van der Waals surface area contributed by atoms with Crippen molar-refractivity contribution in [2.45, 2.75) is 6.61 Å². The van der Waals surface area contributed by atoms with E-state index in [1.54, 1.807) is 19.5 Å². The first-order valence-electron chi connectivity index (χ1n) is 3.66. The maximum Gasteiger partial charge on any atom is 0.155 e. The molecule has 0 aliphatic heterocycles. The Morgan fingerprint density at radius 2 is 2.50 bits per heavy atom. The number of hydrogen-bond acceptors (Lipinski definition) is 3. The largest absolute Gasteiger partial charge is 0.378 e. The summed E-state index contributed by atoms with van der Waals surface area (Å²) in [6, 6.07) is 0. The second-order valence-corrected chi connectivity index (χ2v) is 2.51. The van der Waals surface area contributed by atoms with Crippen molar-refractivity contribution in [1.82, 2.24) is 14.4 Å². The van der Waals surface area contributed by atoms with Crippen LogP contribution in [0.3, 0.4) is 0 Å². The first kappa shape index (κ1) is 7.24. The van der Waals surface area contributed by atoms with Crippen molar-refractivity contribution >= 4 is 5.65 Å². The van der Waals surface area contributed by atoms with Gasteiger partial charge in [0, 0.05) is 25.7 Å². The molecule has 0 radical (unpaired) electrons. The van der Waals surface area contributed by atoms with Crippen LogP contribution in [0.1, 0.15) is 5.69 Å². The van der Waals surface area contributed by atoms with Gasteiger partial charge in [0.25, 0.3) is 0 Å². The highest BCUT2D eigenvalue weighted by Gasteiger charge is 1.98. The summed E-state index contributed by atoms with van der Waals surface area (Å²) in [5, 5.41) is 0. The Morgan fingerprint density at radius 3 is 3.25 bits per heavy atom. The third-order valence-corrected chi connectivity index (χ3v) is 1.61. The fourth-order valence-corrected chi connectivity index (χ4v) is 1.11. The molecule has 62 valence electrons. The van der Waals surface area contributed by atoms with Gasteiger partial charge in [-0.15, -0.1) is 0 Å². The Bertz CT molecular complexity index is 349. The SMILES string of the molecule is COCc1cn2ccncc2n1. The van der Waals surface area contributed by atoms with Crippen LogP contribution in [0.4, 0.5) is 0 Å². The summed E-state index contributed by atoms with van der Waals surface area (Å²) in [5.41, 5.74) is 1.77. The third kappa shape index (κ3) is 1.16. The Morgan fingerprint density at radius 1 is 1.58 bits per heavy atom. The van der Waals surface area contributed by atoms with Gasteiger partial charge in [-0.25, -0.2) is 4.98 Å². The lowest BCUT2D eigenvalue weighted by atomic mass is 10.5. The van der Waals surface area contributed by atoms with Crippen LogP contribution < -0.4 is 0 Å². The van der Waals surface area contributed by atoms with E-state index in [0.29, 0.717) is 6.61 Å². The number of hydrogen-bond donors (Lipinski definition) is 0. The predicted octanol–water partition coefficient (Wildman–Crippen LogP) is 0.876. The number of methoxy groups -OCH3 is 1. The maximum atomic E-state index is 4.96. The summed E-state index contributed by atoms with van der Waals surface area (Å²) in [6.07, 6.45) is 7.24. The zero-order valence-corrected chi connectivity index (χ0v) is 6.77. The summed E-state index contributed by atoms with van der Waals surface area (Å²) < 4.78 is 6.88. The first-order valence-corrected chi connectivity index (χ1v) is 3.66. The van der Waals surface area contributed by atoms with Gasteiger partial charge in [0.05, 0.1) is 18.5 Å². The van der Waals surface area contributed by atoms with Gasteiger partial charge in [-0.2, -0.15) is 0 Å². The summed E-state index contributed by atoms with van der Waals surface area (Å²) in [7, 11) is 1.66. The van der Waals surface area contributed by atoms with Crippen LogP contribution in [0.15, 0.2) is 24.8 Å². The standard InChI is InChI=1S/C8H9N3O/c1-12-6-7-5-11-3-2-9-4-8(11)10-7/h2-5H,6H2,1H3. The number of fused-ring (bicyclic) bond motifs is 1. The van der Waals surface area contributed by atoms with Gasteiger partial charge < -0.3 is 9.14 Å². The van der Waals surface area contributed by atoms with E-state index < -0.39 is 0 Å². The van der Waals surface area contributed by atoms with Gasteiger partial charge in [-0.05, 0) is 0 Å². The Kier molecular flexibility index (Phi) is 1.75. The molecule has 4 heteroatoms. The lowest BCUT2D eigenvalue weighted by Crippen LogP contribution is -1.85. The van der Waals surface area contributed by atoms with Crippen molar-refractivity contribution in [3.63, 3.8) is 0 Å². The molecule has 2 heterocycles. The van der Waals surface area contributed by atoms with Crippen LogP contribution >= 0.6 is 0 Å². The van der Waals surface area contributed by atoms with Crippen molar-refractivity contribution < 1.29 is 4.74 Å². The van der Waals surface area contributed by atoms with E-state index in [1.807, 2.05) is 16.8 Å². The fraction of sp³-hybridized carbons (Fsp3) is 0.250. The number of nitrogens with zero attached hydrogens (tertiary/aromatic N) is 3. The highest BCUT2D eigenvalue weighted by atomic mass is 16.5. The number of imidazole rings is 1. The minimum atomic E-state index is 0.543. The smallest absolute Gasteiger partial charge is 0.155 e. The van der Waals surface area contributed by atoms with Gasteiger partial charge in [-0.1, -0.05) is 0 Å². The normalized spacial score (nSPS) is 10.8.